The van der Waals surface area contributed by atoms with Crippen LogP contribution in [0.15, 0.2) is 54.6 Å². The van der Waals surface area contributed by atoms with Crippen LogP contribution in [0.2, 0.25) is 0 Å². The van der Waals surface area contributed by atoms with Crippen molar-refractivity contribution in [1.29, 1.82) is 0 Å². The number of carbonyl (C=O) groups excluding carboxylic acids is 2. The zero-order chi connectivity index (χ0) is 19.1. The van der Waals surface area contributed by atoms with Crippen molar-refractivity contribution >= 4 is 11.8 Å². The molecule has 1 aliphatic heterocycles. The highest BCUT2D eigenvalue weighted by molar-refractivity contribution is 5.96. The summed E-state index contributed by atoms with van der Waals surface area (Å²) in [6.07, 6.45) is 3.03. The number of likely N-dealkylation sites (tertiary alicyclic amines) is 1. The highest BCUT2D eigenvalue weighted by atomic mass is 16.5. The molecule has 142 valence electrons. The standard InChI is InChI=1S/C22H25NO4/c1-26-22(25)20-9-5-15-23(20)16-6-10-21(24)17-11-13-19(14-12-17)27-18-7-3-2-4-8-18/h2-4,7-8,11-14,20H,5-6,9-10,15-16H2,1H3/t20-/m0/s1. The molecule has 2 aromatic rings. The number of hydrogen-bond acceptors (Lipinski definition) is 5. The van der Waals surface area contributed by atoms with E-state index >= 15 is 0 Å². The van der Waals surface area contributed by atoms with E-state index in [1.54, 1.807) is 12.1 Å². The Morgan fingerprint density at radius 2 is 1.74 bits per heavy atom. The molecular formula is C22H25NO4. The Kier molecular flexibility index (Phi) is 6.60. The molecule has 2 aromatic carbocycles. The van der Waals surface area contributed by atoms with Crippen LogP contribution >= 0.6 is 0 Å². The number of Topliss-reactive ketones (excluding diaryl/α,β-unsaturated/α-hetero) is 1. The summed E-state index contributed by atoms with van der Waals surface area (Å²) in [6, 6.07) is 16.6. The average Bonchev–Trinajstić information content (AvgIpc) is 3.17. The lowest BCUT2D eigenvalue weighted by Crippen LogP contribution is -2.37. The van der Waals surface area contributed by atoms with Crippen LogP contribution in [0.1, 0.15) is 36.0 Å². The molecule has 0 unspecified atom stereocenters. The van der Waals surface area contributed by atoms with Gasteiger partial charge in [-0.05, 0) is 68.8 Å². The second-order valence-corrected chi connectivity index (χ2v) is 6.68. The van der Waals surface area contributed by atoms with E-state index in [9.17, 15) is 9.59 Å². The normalized spacial score (nSPS) is 16.9. The molecule has 0 radical (unpaired) electrons. The summed E-state index contributed by atoms with van der Waals surface area (Å²) in [4.78, 5) is 26.3. The first-order valence-corrected chi connectivity index (χ1v) is 9.35. The number of ketones is 1. The fraction of sp³-hybridized carbons (Fsp3) is 0.364. The molecule has 5 heteroatoms. The summed E-state index contributed by atoms with van der Waals surface area (Å²) in [5, 5.41) is 0. The van der Waals surface area contributed by atoms with Gasteiger partial charge in [0.15, 0.2) is 5.78 Å². The van der Waals surface area contributed by atoms with Crippen LogP contribution in [0.25, 0.3) is 0 Å². The summed E-state index contributed by atoms with van der Waals surface area (Å²) in [6.45, 7) is 1.63. The first-order chi connectivity index (χ1) is 13.2. The number of methoxy groups -OCH3 is 1. The Bertz CT molecular complexity index is 758. The maximum atomic E-state index is 12.4. The lowest BCUT2D eigenvalue weighted by Gasteiger charge is -2.21. The molecular weight excluding hydrogens is 342 g/mol. The molecule has 1 aliphatic rings. The molecule has 0 aromatic heterocycles. The molecule has 0 N–H and O–H groups in total. The third kappa shape index (κ3) is 5.17. The van der Waals surface area contributed by atoms with Gasteiger partial charge in [0.1, 0.15) is 17.5 Å². The van der Waals surface area contributed by atoms with E-state index in [-0.39, 0.29) is 17.8 Å². The Morgan fingerprint density at radius 1 is 1.04 bits per heavy atom. The van der Waals surface area contributed by atoms with Gasteiger partial charge in [-0.25, -0.2) is 0 Å². The molecule has 5 nitrogen and oxygen atoms in total. The molecule has 27 heavy (non-hydrogen) atoms. The van der Waals surface area contributed by atoms with E-state index < -0.39 is 0 Å². The Labute approximate surface area is 159 Å². The van der Waals surface area contributed by atoms with E-state index in [1.165, 1.54) is 7.11 Å². The van der Waals surface area contributed by atoms with Gasteiger partial charge >= 0.3 is 5.97 Å². The summed E-state index contributed by atoms with van der Waals surface area (Å²) in [5.74, 6) is 1.40. The van der Waals surface area contributed by atoms with Crippen LogP contribution in [0.5, 0.6) is 11.5 Å². The number of carbonyl (C=O) groups is 2. The van der Waals surface area contributed by atoms with Crippen LogP contribution in [0.4, 0.5) is 0 Å². The lowest BCUT2D eigenvalue weighted by molar-refractivity contribution is -0.145. The van der Waals surface area contributed by atoms with Gasteiger partial charge in [-0.2, -0.15) is 0 Å². The summed E-state index contributed by atoms with van der Waals surface area (Å²) in [5.41, 5.74) is 0.682. The quantitative estimate of drug-likeness (QED) is 0.520. The van der Waals surface area contributed by atoms with Crippen molar-refractivity contribution in [3.63, 3.8) is 0 Å². The maximum absolute atomic E-state index is 12.4. The predicted octanol–water partition coefficient (Wildman–Crippen LogP) is 4.08. The van der Waals surface area contributed by atoms with Crippen molar-refractivity contribution in [3.8, 4) is 11.5 Å². The molecule has 1 atom stereocenters. The largest absolute Gasteiger partial charge is 0.468 e. The smallest absolute Gasteiger partial charge is 0.323 e. The number of benzene rings is 2. The summed E-state index contributed by atoms with van der Waals surface area (Å²) < 4.78 is 10.6. The second kappa shape index (κ2) is 9.33. The molecule has 0 aliphatic carbocycles. The fourth-order valence-corrected chi connectivity index (χ4v) is 3.42. The van der Waals surface area contributed by atoms with Crippen LogP contribution in [-0.4, -0.2) is 42.9 Å². The highest BCUT2D eigenvalue weighted by Crippen LogP contribution is 2.22. The van der Waals surface area contributed by atoms with E-state index in [0.717, 1.165) is 38.1 Å². The summed E-state index contributed by atoms with van der Waals surface area (Å²) in [7, 11) is 1.42. The third-order valence-corrected chi connectivity index (χ3v) is 4.84. The van der Waals surface area contributed by atoms with Crippen LogP contribution in [-0.2, 0) is 9.53 Å². The Balaban J connectivity index is 1.47. The minimum Gasteiger partial charge on any atom is -0.468 e. The average molecular weight is 367 g/mol. The fourth-order valence-electron chi connectivity index (χ4n) is 3.42. The van der Waals surface area contributed by atoms with E-state index in [2.05, 4.69) is 4.90 Å². The number of ether oxygens (including phenoxy) is 2. The SMILES string of the molecule is COC(=O)[C@@H]1CCCN1CCCC(=O)c1ccc(Oc2ccccc2)cc1. The van der Waals surface area contributed by atoms with Crippen molar-refractivity contribution in [2.45, 2.75) is 31.7 Å². The van der Waals surface area contributed by atoms with E-state index in [4.69, 9.17) is 9.47 Å². The van der Waals surface area contributed by atoms with Crippen LogP contribution < -0.4 is 4.74 Å². The molecule has 1 saturated heterocycles. The first-order valence-electron chi connectivity index (χ1n) is 9.35. The van der Waals surface area contributed by atoms with Crippen molar-refractivity contribution in [1.82, 2.24) is 4.90 Å². The molecule has 1 heterocycles. The number of esters is 1. The monoisotopic (exact) mass is 367 g/mol. The van der Waals surface area contributed by atoms with Gasteiger partial charge in [0.05, 0.1) is 7.11 Å². The molecule has 3 rings (SSSR count). The van der Waals surface area contributed by atoms with Crippen molar-refractivity contribution < 1.29 is 19.1 Å². The van der Waals surface area contributed by atoms with Gasteiger partial charge in [-0.1, -0.05) is 18.2 Å². The first kappa shape index (κ1) is 19.1. The minimum absolute atomic E-state index is 0.107. The van der Waals surface area contributed by atoms with Crippen LogP contribution in [0.3, 0.4) is 0 Å². The molecule has 0 saturated carbocycles. The predicted molar refractivity (Wildman–Crippen MR) is 103 cm³/mol. The number of hydrogen-bond donors (Lipinski definition) is 0. The van der Waals surface area contributed by atoms with Gasteiger partial charge in [0.25, 0.3) is 0 Å². The number of para-hydroxylation sites is 1. The molecule has 1 fully saturated rings. The lowest BCUT2D eigenvalue weighted by atomic mass is 10.1. The Morgan fingerprint density at radius 3 is 2.44 bits per heavy atom. The van der Waals surface area contributed by atoms with E-state index in [0.29, 0.717) is 17.7 Å². The van der Waals surface area contributed by atoms with Gasteiger partial charge in [0.2, 0.25) is 0 Å². The number of nitrogens with zero attached hydrogens (tertiary/aromatic N) is 1. The maximum Gasteiger partial charge on any atom is 0.323 e. The van der Waals surface area contributed by atoms with Gasteiger partial charge < -0.3 is 9.47 Å². The van der Waals surface area contributed by atoms with Crippen molar-refractivity contribution in [3.05, 3.63) is 60.2 Å². The van der Waals surface area contributed by atoms with Crippen molar-refractivity contribution in [2.24, 2.45) is 0 Å². The second-order valence-electron chi connectivity index (χ2n) is 6.68. The van der Waals surface area contributed by atoms with Crippen molar-refractivity contribution in [2.75, 3.05) is 20.2 Å². The molecule has 0 amide bonds. The zero-order valence-electron chi connectivity index (χ0n) is 15.6. The molecule has 0 bridgehead atoms. The number of rotatable bonds is 8. The zero-order valence-corrected chi connectivity index (χ0v) is 15.6. The third-order valence-electron chi connectivity index (χ3n) is 4.84. The minimum atomic E-state index is -0.173. The van der Waals surface area contributed by atoms with Gasteiger partial charge in [-0.15, -0.1) is 0 Å². The Hall–Kier alpha value is -2.66. The van der Waals surface area contributed by atoms with Gasteiger partial charge in [0, 0.05) is 12.0 Å². The molecule has 0 spiro atoms. The van der Waals surface area contributed by atoms with Gasteiger partial charge in [-0.3, -0.25) is 14.5 Å². The summed E-state index contributed by atoms with van der Waals surface area (Å²) >= 11 is 0. The van der Waals surface area contributed by atoms with E-state index in [1.807, 2.05) is 42.5 Å². The van der Waals surface area contributed by atoms with Crippen LogP contribution in [0, 0.1) is 0 Å². The highest BCUT2D eigenvalue weighted by Gasteiger charge is 2.30. The topological polar surface area (TPSA) is 55.8 Å².